The number of ether oxygens (including phenoxy) is 1. The predicted octanol–water partition coefficient (Wildman–Crippen LogP) is 3.94. The summed E-state index contributed by atoms with van der Waals surface area (Å²) in [4.78, 5) is 12.2. The number of nitrogens with one attached hydrogen (secondary N) is 1. The Kier molecular flexibility index (Phi) is 8.72. The van der Waals surface area contributed by atoms with Gasteiger partial charge in [-0.3, -0.25) is 9.10 Å². The third-order valence-corrected chi connectivity index (χ3v) is 5.81. The molecule has 0 bridgehead atoms. The third kappa shape index (κ3) is 7.71. The van der Waals surface area contributed by atoms with E-state index in [1.165, 1.54) is 16.1 Å². The van der Waals surface area contributed by atoms with E-state index in [-0.39, 0.29) is 30.9 Å². The van der Waals surface area contributed by atoms with Gasteiger partial charge >= 0.3 is 0 Å². The number of anilines is 1. The monoisotopic (exact) mass is 432 g/mol. The maximum atomic E-state index is 12.3. The average Bonchev–Trinajstić information content (AvgIpc) is 2.68. The summed E-state index contributed by atoms with van der Waals surface area (Å²) in [6, 6.07) is 17.0. The Morgan fingerprint density at radius 1 is 1.07 bits per heavy atom. The van der Waals surface area contributed by atoms with Crippen molar-refractivity contribution in [3.05, 3.63) is 60.2 Å². The van der Waals surface area contributed by atoms with Crippen molar-refractivity contribution in [1.29, 1.82) is 0 Å². The number of hydrogen-bond acceptors (Lipinski definition) is 4. The number of sulfonamides is 1. The van der Waals surface area contributed by atoms with Gasteiger partial charge in [-0.25, -0.2) is 8.42 Å². The summed E-state index contributed by atoms with van der Waals surface area (Å²) in [6.07, 6.45) is 1.85. The van der Waals surface area contributed by atoms with Crippen molar-refractivity contribution in [3.8, 4) is 5.75 Å². The molecule has 1 N–H and O–H groups in total. The van der Waals surface area contributed by atoms with Crippen LogP contribution < -0.4 is 14.4 Å². The average molecular weight is 433 g/mol. The topological polar surface area (TPSA) is 75.7 Å². The second kappa shape index (κ2) is 11.0. The lowest BCUT2D eigenvalue weighted by Crippen LogP contribution is -2.32. The van der Waals surface area contributed by atoms with Gasteiger partial charge in [-0.2, -0.15) is 0 Å². The van der Waals surface area contributed by atoms with Gasteiger partial charge in [-0.15, -0.1) is 0 Å². The van der Waals surface area contributed by atoms with Crippen molar-refractivity contribution < 1.29 is 17.9 Å². The fraction of sp³-hybridized carbons (Fsp3) is 0.435. The Morgan fingerprint density at radius 2 is 1.77 bits per heavy atom. The molecular formula is C23H32N2O4S. The van der Waals surface area contributed by atoms with Gasteiger partial charge in [0.05, 0.1) is 18.0 Å². The summed E-state index contributed by atoms with van der Waals surface area (Å²) < 4.78 is 31.6. The Balaban J connectivity index is 1.90. The lowest BCUT2D eigenvalue weighted by Gasteiger charge is -2.23. The van der Waals surface area contributed by atoms with Crippen molar-refractivity contribution in [1.82, 2.24) is 5.32 Å². The minimum absolute atomic E-state index is 0.00564. The van der Waals surface area contributed by atoms with Gasteiger partial charge in [0.2, 0.25) is 15.9 Å². The molecule has 164 valence electrons. The molecule has 0 spiro atoms. The summed E-state index contributed by atoms with van der Waals surface area (Å²) >= 11 is 0. The minimum Gasteiger partial charge on any atom is -0.491 e. The fourth-order valence-corrected chi connectivity index (χ4v) is 4.07. The molecule has 0 heterocycles. The van der Waals surface area contributed by atoms with E-state index in [0.29, 0.717) is 24.4 Å². The van der Waals surface area contributed by atoms with Gasteiger partial charge in [-0.05, 0) is 43.9 Å². The number of nitrogens with zero attached hydrogens (tertiary/aromatic N) is 1. The zero-order valence-corrected chi connectivity index (χ0v) is 19.0. The smallest absolute Gasteiger partial charge is 0.232 e. The fourth-order valence-electron chi connectivity index (χ4n) is 3.11. The zero-order chi connectivity index (χ0) is 22.1. The summed E-state index contributed by atoms with van der Waals surface area (Å²) in [5.74, 6) is 0.748. The van der Waals surface area contributed by atoms with Crippen LogP contribution in [0.5, 0.6) is 5.75 Å². The molecule has 0 aliphatic heterocycles. The Bertz CT molecular complexity index is 914. The van der Waals surface area contributed by atoms with Crippen LogP contribution in [-0.4, -0.2) is 39.8 Å². The van der Waals surface area contributed by atoms with E-state index in [2.05, 4.69) is 12.2 Å². The van der Waals surface area contributed by atoms with E-state index < -0.39 is 10.0 Å². The number of hydrogen-bond donors (Lipinski definition) is 1. The highest BCUT2D eigenvalue weighted by atomic mass is 32.2. The highest BCUT2D eigenvalue weighted by Crippen LogP contribution is 2.24. The van der Waals surface area contributed by atoms with Crippen molar-refractivity contribution in [2.45, 2.75) is 45.6 Å². The van der Waals surface area contributed by atoms with Crippen LogP contribution in [0.3, 0.4) is 0 Å². The number of carbonyl (C=O) groups is 1. The third-order valence-electron chi connectivity index (χ3n) is 4.62. The summed E-state index contributed by atoms with van der Waals surface area (Å²) in [7, 11) is -3.48. The normalized spacial score (nSPS) is 12.4. The molecule has 1 unspecified atom stereocenters. The zero-order valence-electron chi connectivity index (χ0n) is 18.2. The molecule has 2 rings (SSSR count). The van der Waals surface area contributed by atoms with E-state index in [9.17, 15) is 13.2 Å². The van der Waals surface area contributed by atoms with E-state index in [4.69, 9.17) is 4.74 Å². The molecule has 0 aliphatic rings. The summed E-state index contributed by atoms with van der Waals surface area (Å²) in [5.41, 5.74) is 1.71. The quantitative estimate of drug-likeness (QED) is 0.584. The Hall–Kier alpha value is -2.54. The summed E-state index contributed by atoms with van der Waals surface area (Å²) in [6.45, 7) is 6.67. The highest BCUT2D eigenvalue weighted by Gasteiger charge is 2.18. The van der Waals surface area contributed by atoms with Crippen molar-refractivity contribution >= 4 is 21.6 Å². The van der Waals surface area contributed by atoms with Crippen LogP contribution in [-0.2, 0) is 14.8 Å². The molecule has 0 radical (unpaired) electrons. The van der Waals surface area contributed by atoms with Gasteiger partial charge in [0, 0.05) is 25.6 Å². The van der Waals surface area contributed by atoms with E-state index in [1.54, 1.807) is 24.3 Å². The molecule has 1 atom stereocenters. The van der Waals surface area contributed by atoms with E-state index in [0.717, 1.165) is 0 Å². The first-order chi connectivity index (χ1) is 14.2. The lowest BCUT2D eigenvalue weighted by atomic mass is 10.0. The van der Waals surface area contributed by atoms with Crippen LogP contribution in [0.4, 0.5) is 5.69 Å². The lowest BCUT2D eigenvalue weighted by molar-refractivity contribution is -0.121. The van der Waals surface area contributed by atoms with Crippen LogP contribution in [0, 0.1) is 0 Å². The molecule has 6 nitrogen and oxygen atoms in total. The van der Waals surface area contributed by atoms with Gasteiger partial charge in [0.1, 0.15) is 5.75 Å². The maximum absolute atomic E-state index is 12.3. The first-order valence-corrected chi connectivity index (χ1v) is 12.1. The van der Waals surface area contributed by atoms with Gasteiger partial charge in [-0.1, -0.05) is 43.3 Å². The van der Waals surface area contributed by atoms with Crippen LogP contribution in [0.25, 0.3) is 0 Å². The molecule has 0 aromatic heterocycles. The number of rotatable bonds is 11. The van der Waals surface area contributed by atoms with Crippen molar-refractivity contribution in [2.24, 2.45) is 0 Å². The van der Waals surface area contributed by atoms with E-state index in [1.807, 2.05) is 44.2 Å². The molecule has 2 aromatic carbocycles. The van der Waals surface area contributed by atoms with Gasteiger partial charge in [0.25, 0.3) is 0 Å². The largest absolute Gasteiger partial charge is 0.491 e. The first-order valence-electron chi connectivity index (χ1n) is 10.2. The van der Waals surface area contributed by atoms with Crippen LogP contribution in [0.1, 0.15) is 45.1 Å². The molecule has 0 aliphatic carbocycles. The summed E-state index contributed by atoms with van der Waals surface area (Å²) in [5, 5.41) is 2.94. The molecule has 30 heavy (non-hydrogen) atoms. The molecule has 0 fully saturated rings. The number of amides is 1. The molecular weight excluding hydrogens is 400 g/mol. The van der Waals surface area contributed by atoms with Crippen LogP contribution >= 0.6 is 0 Å². The maximum Gasteiger partial charge on any atom is 0.232 e. The predicted molar refractivity (Wildman–Crippen MR) is 121 cm³/mol. The molecule has 7 heteroatoms. The standard InChI is InChI=1S/C23H32N2O4S/c1-18(2)29-22-13-8-12-21(16-22)25(30(4,27)28)15-9-14-23(26)24-17-19(3)20-10-6-5-7-11-20/h5-8,10-13,16,18-19H,9,14-15,17H2,1-4H3,(H,24,26). The second-order valence-electron chi connectivity index (χ2n) is 7.72. The Labute approximate surface area is 180 Å². The molecule has 1 amide bonds. The van der Waals surface area contributed by atoms with Crippen molar-refractivity contribution in [2.75, 3.05) is 23.7 Å². The van der Waals surface area contributed by atoms with Crippen LogP contribution in [0.2, 0.25) is 0 Å². The second-order valence-corrected chi connectivity index (χ2v) is 9.63. The minimum atomic E-state index is -3.48. The molecule has 2 aromatic rings. The van der Waals surface area contributed by atoms with Crippen molar-refractivity contribution in [3.63, 3.8) is 0 Å². The first kappa shape index (κ1) is 23.7. The number of carbonyl (C=O) groups excluding carboxylic acids is 1. The van der Waals surface area contributed by atoms with E-state index >= 15 is 0 Å². The molecule has 0 saturated heterocycles. The Morgan fingerprint density at radius 3 is 2.40 bits per heavy atom. The SMILES string of the molecule is CC(C)Oc1cccc(N(CCCC(=O)NCC(C)c2ccccc2)S(C)(=O)=O)c1. The van der Waals surface area contributed by atoms with Crippen LogP contribution in [0.15, 0.2) is 54.6 Å². The van der Waals surface area contributed by atoms with Gasteiger partial charge in [0.15, 0.2) is 0 Å². The number of benzene rings is 2. The van der Waals surface area contributed by atoms with Gasteiger partial charge < -0.3 is 10.1 Å². The highest BCUT2D eigenvalue weighted by molar-refractivity contribution is 7.92. The molecule has 0 saturated carbocycles.